The number of ether oxygens (including phenoxy) is 2. The van der Waals surface area contributed by atoms with E-state index in [4.69, 9.17) is 9.47 Å². The smallest absolute Gasteiger partial charge is 0.228 e. The van der Waals surface area contributed by atoms with Crippen molar-refractivity contribution in [3.8, 4) is 17.0 Å². The molecule has 3 aromatic heterocycles. The van der Waals surface area contributed by atoms with Gasteiger partial charge in [0, 0.05) is 56.9 Å². The van der Waals surface area contributed by atoms with Crippen LogP contribution in [0.1, 0.15) is 12.8 Å². The predicted molar refractivity (Wildman–Crippen MR) is 111 cm³/mol. The predicted octanol–water partition coefficient (Wildman–Crippen LogP) is 1.70. The van der Waals surface area contributed by atoms with Crippen LogP contribution in [0, 0.1) is 11.8 Å². The summed E-state index contributed by atoms with van der Waals surface area (Å²) in [6, 6.07) is 5.89. The maximum Gasteiger partial charge on any atom is 0.228 e. The largest absolute Gasteiger partial charge is 0.489 e. The summed E-state index contributed by atoms with van der Waals surface area (Å²) < 4.78 is 15.2. The molecule has 0 unspecified atom stereocenters. The molecule has 2 aliphatic rings. The van der Waals surface area contributed by atoms with Gasteiger partial charge < -0.3 is 20.1 Å². The summed E-state index contributed by atoms with van der Waals surface area (Å²) in [7, 11) is 3.64. The highest BCUT2D eigenvalue weighted by molar-refractivity contribution is 5.93. The molecule has 0 bridgehead atoms. The van der Waals surface area contributed by atoms with Crippen molar-refractivity contribution in [2.45, 2.75) is 18.9 Å². The Bertz CT molecular complexity index is 1070. The zero-order valence-corrected chi connectivity index (χ0v) is 17.2. The molecule has 2 N–H and O–H groups in total. The third kappa shape index (κ3) is 3.66. The number of nitrogens with zero attached hydrogens (tertiary/aromatic N) is 4. The summed E-state index contributed by atoms with van der Waals surface area (Å²) in [4.78, 5) is 12.0. The van der Waals surface area contributed by atoms with Crippen LogP contribution < -0.4 is 15.4 Å². The first kappa shape index (κ1) is 19.1. The van der Waals surface area contributed by atoms with E-state index in [2.05, 4.69) is 20.8 Å². The minimum atomic E-state index is 0.0525. The van der Waals surface area contributed by atoms with Crippen LogP contribution in [0.3, 0.4) is 0 Å². The van der Waals surface area contributed by atoms with Crippen LogP contribution in [0.25, 0.3) is 16.8 Å². The molecule has 2 fully saturated rings. The Kier molecular flexibility index (Phi) is 4.92. The second-order valence-corrected chi connectivity index (χ2v) is 8.06. The van der Waals surface area contributed by atoms with E-state index < -0.39 is 0 Å². The zero-order chi connectivity index (χ0) is 20.7. The molecule has 5 rings (SSSR count). The number of nitrogens with one attached hydrogen (secondary N) is 2. The molecule has 2 atom stereocenters. The molecular formula is C21H26N6O3. The Hall–Kier alpha value is -2.91. The third-order valence-electron chi connectivity index (χ3n) is 5.87. The van der Waals surface area contributed by atoms with Crippen molar-refractivity contribution in [1.29, 1.82) is 0 Å². The van der Waals surface area contributed by atoms with Crippen LogP contribution in [-0.4, -0.2) is 58.2 Å². The zero-order valence-electron chi connectivity index (χ0n) is 17.2. The number of methoxy groups -OCH3 is 1. The summed E-state index contributed by atoms with van der Waals surface area (Å²) >= 11 is 0. The van der Waals surface area contributed by atoms with Gasteiger partial charge >= 0.3 is 0 Å². The SMILES string of the molecule is CO[C@H]1CNC[C@@H]1COc1cnn(C)c1-c1ccn2nc(NC(=O)C3CC3)cc2c1. The Morgan fingerprint density at radius 3 is 3.00 bits per heavy atom. The lowest BCUT2D eigenvalue weighted by Crippen LogP contribution is -2.26. The normalized spacial score (nSPS) is 21.3. The van der Waals surface area contributed by atoms with Crippen LogP contribution in [0.15, 0.2) is 30.6 Å². The molecule has 0 spiro atoms. The van der Waals surface area contributed by atoms with Crippen LogP contribution in [-0.2, 0) is 16.6 Å². The summed E-state index contributed by atoms with van der Waals surface area (Å²) in [6.45, 7) is 2.30. The first-order chi connectivity index (χ1) is 14.6. The van der Waals surface area contributed by atoms with Gasteiger partial charge in [0.05, 0.1) is 24.4 Å². The van der Waals surface area contributed by atoms with E-state index in [1.807, 2.05) is 36.1 Å². The number of anilines is 1. The van der Waals surface area contributed by atoms with Gasteiger partial charge in [0.1, 0.15) is 5.69 Å². The van der Waals surface area contributed by atoms with Crippen molar-refractivity contribution in [3.05, 3.63) is 30.6 Å². The standard InChI is InChI=1S/C21H26N6O3/c1-26-20(18(11-23-26)30-12-15-9-22-10-17(15)29-2)14-5-6-27-16(7-14)8-19(25-27)24-21(28)13-3-4-13/h5-8,11,13,15,17,22H,3-4,9-10,12H2,1-2H3,(H,24,25,28)/t15-,17+/m1/s1. The Morgan fingerprint density at radius 2 is 2.20 bits per heavy atom. The van der Waals surface area contributed by atoms with Gasteiger partial charge in [0.15, 0.2) is 11.6 Å². The van der Waals surface area contributed by atoms with E-state index in [-0.39, 0.29) is 17.9 Å². The Labute approximate surface area is 174 Å². The highest BCUT2D eigenvalue weighted by atomic mass is 16.5. The van der Waals surface area contributed by atoms with E-state index in [9.17, 15) is 4.79 Å². The van der Waals surface area contributed by atoms with Crippen LogP contribution in [0.4, 0.5) is 5.82 Å². The molecule has 1 saturated heterocycles. The summed E-state index contributed by atoms with van der Waals surface area (Å²) in [6.07, 6.45) is 5.73. The third-order valence-corrected chi connectivity index (χ3v) is 5.87. The van der Waals surface area contributed by atoms with Gasteiger partial charge in [-0.15, -0.1) is 0 Å². The van der Waals surface area contributed by atoms with Crippen LogP contribution >= 0.6 is 0 Å². The molecule has 4 heterocycles. The fraction of sp³-hybridized carbons (Fsp3) is 0.476. The minimum Gasteiger partial charge on any atom is -0.489 e. The first-order valence-electron chi connectivity index (χ1n) is 10.3. The van der Waals surface area contributed by atoms with Crippen molar-refractivity contribution >= 4 is 17.2 Å². The minimum absolute atomic E-state index is 0.0525. The second-order valence-electron chi connectivity index (χ2n) is 8.06. The molecule has 0 aromatic carbocycles. The van der Waals surface area contributed by atoms with Crippen molar-refractivity contribution < 1.29 is 14.3 Å². The van der Waals surface area contributed by atoms with Gasteiger partial charge in [-0.1, -0.05) is 0 Å². The highest BCUT2D eigenvalue weighted by Crippen LogP contribution is 2.32. The van der Waals surface area contributed by atoms with E-state index in [0.29, 0.717) is 18.3 Å². The monoisotopic (exact) mass is 410 g/mol. The molecule has 3 aromatic rings. The number of fused-ring (bicyclic) bond motifs is 1. The lowest BCUT2D eigenvalue weighted by molar-refractivity contribution is -0.117. The average molecular weight is 410 g/mol. The molecule has 0 radical (unpaired) electrons. The lowest BCUT2D eigenvalue weighted by atomic mass is 10.1. The topological polar surface area (TPSA) is 94.7 Å². The van der Waals surface area contributed by atoms with E-state index in [0.717, 1.165) is 48.5 Å². The molecule has 1 saturated carbocycles. The maximum absolute atomic E-state index is 12.0. The van der Waals surface area contributed by atoms with Crippen LogP contribution in [0.2, 0.25) is 0 Å². The number of hydrogen-bond donors (Lipinski definition) is 2. The molecule has 158 valence electrons. The lowest BCUT2D eigenvalue weighted by Gasteiger charge is -2.17. The number of aryl methyl sites for hydroxylation is 1. The van der Waals surface area contributed by atoms with Gasteiger partial charge in [-0.05, 0) is 25.0 Å². The fourth-order valence-corrected chi connectivity index (χ4v) is 3.98. The molecule has 30 heavy (non-hydrogen) atoms. The van der Waals surface area contributed by atoms with Gasteiger partial charge in [0.2, 0.25) is 5.91 Å². The van der Waals surface area contributed by atoms with Crippen molar-refractivity contribution in [1.82, 2.24) is 24.7 Å². The quantitative estimate of drug-likeness (QED) is 0.616. The molecule has 1 amide bonds. The molecule has 1 aliphatic heterocycles. The Morgan fingerprint density at radius 1 is 1.33 bits per heavy atom. The number of rotatable bonds is 7. The van der Waals surface area contributed by atoms with Crippen molar-refractivity contribution in [2.75, 3.05) is 32.1 Å². The first-order valence-corrected chi connectivity index (χ1v) is 10.3. The van der Waals surface area contributed by atoms with Gasteiger partial charge in [-0.25, -0.2) is 4.52 Å². The van der Waals surface area contributed by atoms with Gasteiger partial charge in [-0.2, -0.15) is 10.2 Å². The fourth-order valence-electron chi connectivity index (χ4n) is 3.98. The number of carbonyl (C=O) groups is 1. The van der Waals surface area contributed by atoms with E-state index >= 15 is 0 Å². The van der Waals surface area contributed by atoms with Gasteiger partial charge in [0.25, 0.3) is 0 Å². The number of carbonyl (C=O) groups excluding carboxylic acids is 1. The highest BCUT2D eigenvalue weighted by Gasteiger charge is 2.30. The maximum atomic E-state index is 12.0. The summed E-state index contributed by atoms with van der Waals surface area (Å²) in [5, 5.41) is 15.1. The number of aromatic nitrogens is 4. The van der Waals surface area contributed by atoms with Crippen molar-refractivity contribution in [3.63, 3.8) is 0 Å². The summed E-state index contributed by atoms with van der Waals surface area (Å²) in [5.41, 5.74) is 2.78. The number of pyridine rings is 1. The Balaban J connectivity index is 1.36. The number of amides is 1. The molecule has 9 heteroatoms. The molecular weight excluding hydrogens is 384 g/mol. The van der Waals surface area contributed by atoms with Crippen LogP contribution in [0.5, 0.6) is 5.75 Å². The van der Waals surface area contributed by atoms with E-state index in [1.54, 1.807) is 17.8 Å². The second kappa shape index (κ2) is 7.73. The summed E-state index contributed by atoms with van der Waals surface area (Å²) in [5.74, 6) is 1.82. The number of hydrogen-bond acceptors (Lipinski definition) is 6. The molecule has 1 aliphatic carbocycles. The average Bonchev–Trinajstić information content (AvgIpc) is 3.20. The molecule has 9 nitrogen and oxygen atoms in total. The van der Waals surface area contributed by atoms with E-state index in [1.165, 1.54) is 0 Å². The van der Waals surface area contributed by atoms with Gasteiger partial charge in [-0.3, -0.25) is 9.48 Å². The van der Waals surface area contributed by atoms with Crippen molar-refractivity contribution in [2.24, 2.45) is 18.9 Å².